The topological polar surface area (TPSA) is 80.0 Å². The first kappa shape index (κ1) is 13.3. The molecule has 0 saturated carbocycles. The second-order valence-corrected chi connectivity index (χ2v) is 4.26. The zero-order chi connectivity index (χ0) is 13.7. The van der Waals surface area contributed by atoms with Crippen LogP contribution >= 0.6 is 11.6 Å². The van der Waals surface area contributed by atoms with Gasteiger partial charge in [0, 0.05) is 12.1 Å². The van der Waals surface area contributed by atoms with Gasteiger partial charge in [0.15, 0.2) is 0 Å². The summed E-state index contributed by atoms with van der Waals surface area (Å²) in [5.41, 5.74) is 3.79. The lowest BCUT2D eigenvalue weighted by Gasteiger charge is -2.07. The first-order valence-corrected chi connectivity index (χ1v) is 6.03. The Kier molecular flexibility index (Phi) is 4.33. The number of pyridine rings is 1. The van der Waals surface area contributed by atoms with E-state index in [1.54, 1.807) is 0 Å². The molecule has 0 saturated heterocycles. The molecule has 1 aromatic carbocycles. The summed E-state index contributed by atoms with van der Waals surface area (Å²) < 4.78 is 0. The average molecular weight is 277 g/mol. The third kappa shape index (κ3) is 3.67. The van der Waals surface area contributed by atoms with Crippen molar-refractivity contribution in [2.24, 2.45) is 5.84 Å². The summed E-state index contributed by atoms with van der Waals surface area (Å²) in [5.74, 6) is 5.36. The van der Waals surface area contributed by atoms with Crippen molar-refractivity contribution in [3.63, 3.8) is 0 Å². The van der Waals surface area contributed by atoms with Crippen LogP contribution in [0.3, 0.4) is 0 Å². The molecule has 19 heavy (non-hydrogen) atoms. The number of nitrogens with zero attached hydrogens (tertiary/aromatic N) is 1. The Morgan fingerprint density at radius 3 is 2.68 bits per heavy atom. The molecule has 2 aromatic rings. The molecule has 0 aliphatic heterocycles. The average Bonchev–Trinajstić information content (AvgIpc) is 2.45. The van der Waals surface area contributed by atoms with Crippen molar-refractivity contribution in [2.75, 3.05) is 5.43 Å². The number of hydrogen-bond acceptors (Lipinski definition) is 4. The van der Waals surface area contributed by atoms with E-state index >= 15 is 0 Å². The van der Waals surface area contributed by atoms with Gasteiger partial charge in [0.2, 0.25) is 0 Å². The monoisotopic (exact) mass is 276 g/mol. The highest BCUT2D eigenvalue weighted by Gasteiger charge is 2.08. The van der Waals surface area contributed by atoms with E-state index in [0.717, 1.165) is 5.56 Å². The quantitative estimate of drug-likeness (QED) is 0.453. The lowest BCUT2D eigenvalue weighted by molar-refractivity contribution is 0.0951. The van der Waals surface area contributed by atoms with Crippen LogP contribution in [-0.4, -0.2) is 10.9 Å². The Bertz CT molecular complexity index is 574. The van der Waals surface area contributed by atoms with Crippen molar-refractivity contribution in [2.45, 2.75) is 6.54 Å². The molecular weight excluding hydrogens is 264 g/mol. The first-order valence-electron chi connectivity index (χ1n) is 5.65. The molecule has 98 valence electrons. The third-order valence-corrected chi connectivity index (χ3v) is 2.69. The van der Waals surface area contributed by atoms with Crippen LogP contribution < -0.4 is 16.6 Å². The van der Waals surface area contributed by atoms with Gasteiger partial charge in [0.25, 0.3) is 5.91 Å². The van der Waals surface area contributed by atoms with Crippen LogP contribution in [0.25, 0.3) is 0 Å². The van der Waals surface area contributed by atoms with E-state index in [1.807, 2.05) is 30.3 Å². The van der Waals surface area contributed by atoms with E-state index in [1.165, 1.54) is 12.1 Å². The zero-order valence-electron chi connectivity index (χ0n) is 10.1. The predicted octanol–water partition coefficient (Wildman–Crippen LogP) is 1.95. The molecule has 5 nitrogen and oxygen atoms in total. The molecule has 2 rings (SSSR count). The number of benzene rings is 1. The van der Waals surface area contributed by atoms with Crippen molar-refractivity contribution in [1.29, 1.82) is 0 Å². The van der Waals surface area contributed by atoms with Crippen LogP contribution in [0.2, 0.25) is 5.15 Å². The molecule has 4 N–H and O–H groups in total. The number of carbonyl (C=O) groups excluding carboxylic acids is 1. The van der Waals surface area contributed by atoms with E-state index in [2.05, 4.69) is 15.7 Å². The van der Waals surface area contributed by atoms with E-state index in [9.17, 15) is 4.79 Å². The van der Waals surface area contributed by atoms with Crippen molar-refractivity contribution in [3.05, 3.63) is 58.7 Å². The van der Waals surface area contributed by atoms with Gasteiger partial charge in [-0.25, -0.2) is 10.8 Å². The Morgan fingerprint density at radius 2 is 2.00 bits per heavy atom. The van der Waals surface area contributed by atoms with Crippen molar-refractivity contribution in [3.8, 4) is 0 Å². The smallest absolute Gasteiger partial charge is 0.251 e. The Hall–Kier alpha value is -2.11. The minimum Gasteiger partial charge on any atom is -0.348 e. The zero-order valence-corrected chi connectivity index (χ0v) is 10.8. The van der Waals surface area contributed by atoms with Gasteiger partial charge >= 0.3 is 0 Å². The fraction of sp³-hybridized carbons (Fsp3) is 0.0769. The minimum absolute atomic E-state index is 0.209. The number of nitrogen functional groups attached to an aromatic ring is 1. The summed E-state index contributed by atoms with van der Waals surface area (Å²) in [6, 6.07) is 12.7. The number of amides is 1. The molecule has 0 spiro atoms. The molecule has 0 radical (unpaired) electrons. The van der Waals surface area contributed by atoms with Gasteiger partial charge in [-0.05, 0) is 17.7 Å². The number of nitrogens with two attached hydrogens (primary N) is 1. The minimum atomic E-state index is -0.232. The SMILES string of the molecule is NNc1cc(C(=O)NCc2ccccc2)cc(Cl)n1. The third-order valence-electron chi connectivity index (χ3n) is 2.50. The summed E-state index contributed by atoms with van der Waals surface area (Å²) >= 11 is 5.80. The largest absolute Gasteiger partial charge is 0.348 e. The fourth-order valence-electron chi connectivity index (χ4n) is 1.58. The molecular formula is C13H13ClN4O. The van der Waals surface area contributed by atoms with Crippen molar-refractivity contribution < 1.29 is 4.79 Å². The molecule has 0 unspecified atom stereocenters. The van der Waals surface area contributed by atoms with Crippen molar-refractivity contribution in [1.82, 2.24) is 10.3 Å². The van der Waals surface area contributed by atoms with Crippen LogP contribution in [0, 0.1) is 0 Å². The van der Waals surface area contributed by atoms with E-state index < -0.39 is 0 Å². The van der Waals surface area contributed by atoms with Crippen LogP contribution in [0.5, 0.6) is 0 Å². The molecule has 1 amide bonds. The van der Waals surface area contributed by atoms with Gasteiger partial charge in [-0.3, -0.25) is 4.79 Å². The first-order chi connectivity index (χ1) is 9.19. The molecule has 0 atom stereocenters. The molecule has 1 heterocycles. The van der Waals surface area contributed by atoms with Gasteiger partial charge in [-0.2, -0.15) is 0 Å². The second kappa shape index (κ2) is 6.17. The maximum Gasteiger partial charge on any atom is 0.251 e. The molecule has 0 bridgehead atoms. The Labute approximate surface area is 115 Å². The van der Waals surface area contributed by atoms with Gasteiger partial charge in [-0.15, -0.1) is 0 Å². The maximum absolute atomic E-state index is 12.0. The van der Waals surface area contributed by atoms with Crippen LogP contribution in [0.4, 0.5) is 5.82 Å². The molecule has 1 aromatic heterocycles. The molecule has 6 heteroatoms. The van der Waals surface area contributed by atoms with E-state index in [4.69, 9.17) is 17.4 Å². The van der Waals surface area contributed by atoms with E-state index in [-0.39, 0.29) is 11.1 Å². The summed E-state index contributed by atoms with van der Waals surface area (Å²) in [6.07, 6.45) is 0. The number of carbonyl (C=O) groups is 1. The molecule has 0 fully saturated rings. The summed E-state index contributed by atoms with van der Waals surface area (Å²) in [4.78, 5) is 15.9. The Balaban J connectivity index is 2.06. The van der Waals surface area contributed by atoms with E-state index in [0.29, 0.717) is 17.9 Å². The number of hydrazine groups is 1. The number of rotatable bonds is 4. The normalized spacial score (nSPS) is 10.0. The van der Waals surface area contributed by atoms with Crippen molar-refractivity contribution >= 4 is 23.3 Å². The summed E-state index contributed by atoms with van der Waals surface area (Å²) in [7, 11) is 0. The lowest BCUT2D eigenvalue weighted by Crippen LogP contribution is -2.23. The van der Waals surface area contributed by atoms with Gasteiger partial charge < -0.3 is 10.7 Å². The van der Waals surface area contributed by atoms with Gasteiger partial charge in [0.1, 0.15) is 11.0 Å². The highest BCUT2D eigenvalue weighted by molar-refractivity contribution is 6.29. The maximum atomic E-state index is 12.0. The van der Waals surface area contributed by atoms with Gasteiger partial charge in [0.05, 0.1) is 0 Å². The van der Waals surface area contributed by atoms with Crippen LogP contribution in [0.1, 0.15) is 15.9 Å². The number of anilines is 1. The van der Waals surface area contributed by atoms with Crippen LogP contribution in [0.15, 0.2) is 42.5 Å². The van der Waals surface area contributed by atoms with Gasteiger partial charge in [-0.1, -0.05) is 41.9 Å². The second-order valence-electron chi connectivity index (χ2n) is 3.88. The number of nitrogens with one attached hydrogen (secondary N) is 2. The number of aromatic nitrogens is 1. The highest BCUT2D eigenvalue weighted by atomic mass is 35.5. The number of halogens is 1. The highest BCUT2D eigenvalue weighted by Crippen LogP contribution is 2.13. The number of hydrogen-bond donors (Lipinski definition) is 3. The molecule has 0 aliphatic rings. The predicted molar refractivity (Wildman–Crippen MR) is 74.7 cm³/mol. The standard InChI is InChI=1S/C13H13ClN4O/c14-11-6-10(7-12(17-11)18-15)13(19)16-8-9-4-2-1-3-5-9/h1-7H,8,15H2,(H,16,19)(H,17,18). The summed E-state index contributed by atoms with van der Waals surface area (Å²) in [5, 5.41) is 3.01. The van der Waals surface area contributed by atoms with Crippen LogP contribution in [-0.2, 0) is 6.54 Å². The Morgan fingerprint density at radius 1 is 1.26 bits per heavy atom. The lowest BCUT2D eigenvalue weighted by atomic mass is 10.2. The summed E-state index contributed by atoms with van der Waals surface area (Å²) in [6.45, 7) is 0.449. The fourth-order valence-corrected chi connectivity index (χ4v) is 1.79. The molecule has 0 aliphatic carbocycles.